The topological polar surface area (TPSA) is 43.1 Å². The Morgan fingerprint density at radius 1 is 0.769 bits per heavy atom. The minimum absolute atomic E-state index is 0.0601. The van der Waals surface area contributed by atoms with E-state index in [1.807, 2.05) is 60.7 Å². The van der Waals surface area contributed by atoms with Crippen LogP contribution in [-0.4, -0.2) is 5.16 Å². The molecule has 0 radical (unpaired) electrons. The van der Waals surface area contributed by atoms with Crippen LogP contribution in [0.15, 0.2) is 82.1 Å². The summed E-state index contributed by atoms with van der Waals surface area (Å²) in [5.74, 6) is 0.647. The van der Waals surface area contributed by atoms with Gasteiger partial charge in [-0.05, 0) is 17.5 Å². The second-order valence-electron chi connectivity index (χ2n) is 6.17. The van der Waals surface area contributed by atoms with Crippen LogP contribution in [-0.2, 0) is 0 Å². The molecule has 3 nitrogen and oxygen atoms in total. The lowest BCUT2D eigenvalue weighted by Crippen LogP contribution is -1.98. The van der Waals surface area contributed by atoms with Gasteiger partial charge < -0.3 is 4.52 Å². The Morgan fingerprint density at radius 3 is 2.31 bits per heavy atom. The molecule has 0 bridgehead atoms. The highest BCUT2D eigenvalue weighted by atomic mass is 35.5. The van der Waals surface area contributed by atoms with Gasteiger partial charge in [0.2, 0.25) is 0 Å². The summed E-state index contributed by atoms with van der Waals surface area (Å²) in [6.07, 6.45) is 0. The second-order valence-corrected chi connectivity index (χ2v) is 6.60. The first-order valence-electron chi connectivity index (χ1n) is 8.23. The van der Waals surface area contributed by atoms with E-state index in [4.69, 9.17) is 16.1 Å². The summed E-state index contributed by atoms with van der Waals surface area (Å²) in [6, 6.07) is 22.6. The SMILES string of the molecule is O=c1c2ccccc2c2noc(-c3ccccc3)c2c2ccc(Cl)cc12. The summed E-state index contributed by atoms with van der Waals surface area (Å²) >= 11 is 6.19. The van der Waals surface area contributed by atoms with Crippen LogP contribution in [0.2, 0.25) is 5.02 Å². The third kappa shape index (κ3) is 2.14. The van der Waals surface area contributed by atoms with E-state index in [-0.39, 0.29) is 5.43 Å². The molecule has 0 aliphatic carbocycles. The lowest BCUT2D eigenvalue weighted by molar-refractivity contribution is 0.441. The fourth-order valence-electron chi connectivity index (χ4n) is 3.47. The molecule has 0 atom stereocenters. The van der Waals surface area contributed by atoms with Crippen LogP contribution >= 0.6 is 11.6 Å². The Labute approximate surface area is 153 Å². The fourth-order valence-corrected chi connectivity index (χ4v) is 3.64. The van der Waals surface area contributed by atoms with Gasteiger partial charge in [0, 0.05) is 26.7 Å². The smallest absolute Gasteiger partial charge is 0.194 e. The van der Waals surface area contributed by atoms with E-state index < -0.39 is 0 Å². The normalized spacial score (nSPS) is 11.4. The highest BCUT2D eigenvalue weighted by molar-refractivity contribution is 6.32. The Morgan fingerprint density at radius 2 is 1.50 bits per heavy atom. The molecule has 124 valence electrons. The zero-order valence-electron chi connectivity index (χ0n) is 13.6. The number of hydrogen-bond acceptors (Lipinski definition) is 3. The van der Waals surface area contributed by atoms with Crippen molar-refractivity contribution in [3.8, 4) is 11.3 Å². The molecule has 0 saturated heterocycles. The fraction of sp³-hybridized carbons (Fsp3) is 0. The van der Waals surface area contributed by atoms with Gasteiger partial charge in [0.25, 0.3) is 0 Å². The molecule has 0 N–H and O–H groups in total. The van der Waals surface area contributed by atoms with Crippen LogP contribution in [0.3, 0.4) is 0 Å². The number of hydrogen-bond donors (Lipinski definition) is 0. The van der Waals surface area contributed by atoms with E-state index in [1.165, 1.54) is 0 Å². The molecule has 1 heterocycles. The van der Waals surface area contributed by atoms with Crippen molar-refractivity contribution in [3.63, 3.8) is 0 Å². The maximum absolute atomic E-state index is 13.2. The van der Waals surface area contributed by atoms with Crippen LogP contribution in [0.1, 0.15) is 0 Å². The lowest BCUT2D eigenvalue weighted by Gasteiger charge is -1.98. The average Bonchev–Trinajstić information content (AvgIpc) is 3.09. The van der Waals surface area contributed by atoms with E-state index in [1.54, 1.807) is 12.1 Å². The van der Waals surface area contributed by atoms with Gasteiger partial charge in [-0.1, -0.05) is 77.4 Å². The first kappa shape index (κ1) is 15.1. The van der Waals surface area contributed by atoms with Crippen molar-refractivity contribution >= 4 is 44.0 Å². The molecule has 4 aromatic carbocycles. The van der Waals surface area contributed by atoms with E-state index >= 15 is 0 Å². The monoisotopic (exact) mass is 357 g/mol. The molecule has 0 amide bonds. The summed E-state index contributed by atoms with van der Waals surface area (Å²) in [5.41, 5.74) is 1.53. The van der Waals surface area contributed by atoms with Crippen molar-refractivity contribution in [1.82, 2.24) is 5.16 Å². The van der Waals surface area contributed by atoms with Crippen LogP contribution in [0, 0.1) is 0 Å². The van der Waals surface area contributed by atoms with Gasteiger partial charge in [-0.25, -0.2) is 0 Å². The number of benzene rings is 3. The van der Waals surface area contributed by atoms with Crippen LogP contribution in [0.25, 0.3) is 43.8 Å². The standard InChI is InChI=1S/C22H12ClNO2/c23-14-10-11-15-18(12-14)21(25)17-9-5-4-8-16(17)20-19(15)22(26-24-20)13-6-2-1-3-7-13/h1-12H. The Hall–Kier alpha value is -3.17. The molecule has 0 aliphatic rings. The zero-order chi connectivity index (χ0) is 17.7. The molecular weight excluding hydrogens is 346 g/mol. The van der Waals surface area contributed by atoms with E-state index in [2.05, 4.69) is 5.16 Å². The highest BCUT2D eigenvalue weighted by Gasteiger charge is 2.17. The van der Waals surface area contributed by atoms with Crippen molar-refractivity contribution < 1.29 is 4.52 Å². The van der Waals surface area contributed by atoms with Crippen molar-refractivity contribution in [1.29, 1.82) is 0 Å². The number of halogens is 1. The summed E-state index contributed by atoms with van der Waals surface area (Å²) in [6.45, 7) is 0. The summed E-state index contributed by atoms with van der Waals surface area (Å²) < 4.78 is 5.74. The molecule has 1 aromatic heterocycles. The molecule has 5 aromatic rings. The minimum atomic E-state index is -0.0601. The lowest BCUT2D eigenvalue weighted by atomic mass is 10.0. The average molecular weight is 358 g/mol. The van der Waals surface area contributed by atoms with E-state index in [0.29, 0.717) is 27.1 Å². The molecule has 5 rings (SSSR count). The van der Waals surface area contributed by atoms with E-state index in [0.717, 1.165) is 21.7 Å². The summed E-state index contributed by atoms with van der Waals surface area (Å²) in [7, 11) is 0. The Kier molecular flexibility index (Phi) is 3.30. The predicted octanol–water partition coefficient (Wildman–Crippen LogP) is 5.81. The van der Waals surface area contributed by atoms with Crippen molar-refractivity contribution in [3.05, 3.63) is 88.0 Å². The maximum atomic E-state index is 13.2. The molecule has 0 unspecified atom stereocenters. The molecular formula is C22H12ClNO2. The number of rotatable bonds is 1. The molecule has 0 aliphatic heterocycles. The minimum Gasteiger partial charge on any atom is -0.355 e. The first-order chi connectivity index (χ1) is 12.7. The molecule has 0 fully saturated rings. The quantitative estimate of drug-likeness (QED) is 0.380. The van der Waals surface area contributed by atoms with Crippen LogP contribution < -0.4 is 5.43 Å². The molecule has 0 spiro atoms. The molecule has 4 heteroatoms. The summed E-state index contributed by atoms with van der Waals surface area (Å²) in [4.78, 5) is 13.2. The zero-order valence-corrected chi connectivity index (χ0v) is 14.3. The molecule has 0 saturated carbocycles. The first-order valence-corrected chi connectivity index (χ1v) is 8.61. The van der Waals surface area contributed by atoms with Gasteiger partial charge in [0.15, 0.2) is 11.2 Å². The van der Waals surface area contributed by atoms with Gasteiger partial charge in [-0.3, -0.25) is 4.79 Å². The molecule has 26 heavy (non-hydrogen) atoms. The Bertz CT molecular complexity index is 1360. The van der Waals surface area contributed by atoms with Crippen LogP contribution in [0.4, 0.5) is 0 Å². The van der Waals surface area contributed by atoms with Gasteiger partial charge in [-0.2, -0.15) is 0 Å². The van der Waals surface area contributed by atoms with E-state index in [9.17, 15) is 4.79 Å². The summed E-state index contributed by atoms with van der Waals surface area (Å²) in [5, 5.41) is 8.39. The van der Waals surface area contributed by atoms with Gasteiger partial charge >= 0.3 is 0 Å². The van der Waals surface area contributed by atoms with Crippen molar-refractivity contribution in [2.24, 2.45) is 0 Å². The van der Waals surface area contributed by atoms with Gasteiger partial charge in [-0.15, -0.1) is 0 Å². The number of fused-ring (bicyclic) bond motifs is 5. The number of aromatic nitrogens is 1. The predicted molar refractivity (Wildman–Crippen MR) is 106 cm³/mol. The van der Waals surface area contributed by atoms with Gasteiger partial charge in [0.05, 0.1) is 5.39 Å². The largest absolute Gasteiger partial charge is 0.355 e. The highest BCUT2D eigenvalue weighted by Crippen LogP contribution is 2.36. The van der Waals surface area contributed by atoms with Crippen LogP contribution in [0.5, 0.6) is 0 Å². The van der Waals surface area contributed by atoms with Crippen molar-refractivity contribution in [2.75, 3.05) is 0 Å². The third-order valence-electron chi connectivity index (χ3n) is 4.65. The number of nitrogens with zero attached hydrogens (tertiary/aromatic N) is 1. The second kappa shape index (κ2) is 5.68. The maximum Gasteiger partial charge on any atom is 0.194 e. The Balaban J connectivity index is 2.13. The van der Waals surface area contributed by atoms with Crippen molar-refractivity contribution in [2.45, 2.75) is 0 Å². The van der Waals surface area contributed by atoms with Gasteiger partial charge in [0.1, 0.15) is 5.52 Å². The third-order valence-corrected chi connectivity index (χ3v) is 4.89.